The predicted molar refractivity (Wildman–Crippen MR) is 95.6 cm³/mol. The first-order valence-electron chi connectivity index (χ1n) is 8.18. The predicted octanol–water partition coefficient (Wildman–Crippen LogP) is 1.87. The molecule has 2 N–H and O–H groups in total. The van der Waals surface area contributed by atoms with Gasteiger partial charge in [-0.2, -0.15) is 0 Å². The smallest absolute Gasteiger partial charge is 0.240 e. The second-order valence-electron chi connectivity index (χ2n) is 6.26. The van der Waals surface area contributed by atoms with Crippen molar-refractivity contribution in [2.24, 2.45) is 0 Å². The van der Waals surface area contributed by atoms with Gasteiger partial charge in [0.15, 0.2) is 0 Å². The Kier molecular flexibility index (Phi) is 5.56. The highest BCUT2D eigenvalue weighted by Gasteiger charge is 2.26. The highest BCUT2D eigenvalue weighted by atomic mass is 35.5. The number of halogens is 1. The van der Waals surface area contributed by atoms with Gasteiger partial charge < -0.3 is 4.90 Å². The summed E-state index contributed by atoms with van der Waals surface area (Å²) in [5.41, 5.74) is 1.33. The Hall–Kier alpha value is -1.40. The van der Waals surface area contributed by atoms with Gasteiger partial charge in [-0.1, -0.05) is 41.9 Å². The minimum atomic E-state index is -3.47. The molecule has 3 rings (SSSR count). The number of hydrogen-bond acceptors (Lipinski definition) is 2. The van der Waals surface area contributed by atoms with Crippen molar-refractivity contribution in [3.63, 3.8) is 0 Å². The Labute approximate surface area is 148 Å². The lowest BCUT2D eigenvalue weighted by atomic mass is 10.1. The van der Waals surface area contributed by atoms with Crippen molar-refractivity contribution >= 4 is 21.6 Å². The molecule has 0 aliphatic carbocycles. The molecule has 0 unspecified atom stereocenters. The fourth-order valence-electron chi connectivity index (χ4n) is 3.11. The van der Waals surface area contributed by atoms with Gasteiger partial charge in [0.2, 0.25) is 10.0 Å². The Morgan fingerprint density at radius 3 is 2.25 bits per heavy atom. The number of quaternary nitrogens is 1. The van der Waals surface area contributed by atoms with Crippen LogP contribution < -0.4 is 9.62 Å². The third kappa shape index (κ3) is 4.57. The number of sulfonamides is 1. The van der Waals surface area contributed by atoms with E-state index in [1.807, 2.05) is 6.07 Å². The zero-order valence-corrected chi connectivity index (χ0v) is 15.0. The Balaban J connectivity index is 1.54. The van der Waals surface area contributed by atoms with Gasteiger partial charge in [-0.05, 0) is 24.3 Å². The molecule has 1 heterocycles. The number of piperidine rings is 1. The van der Waals surface area contributed by atoms with Crippen LogP contribution in [0.3, 0.4) is 0 Å². The molecule has 1 aliphatic rings. The molecule has 6 heteroatoms. The molecule has 0 amide bonds. The highest BCUT2D eigenvalue weighted by Crippen LogP contribution is 2.15. The average Bonchev–Trinajstić information content (AvgIpc) is 2.58. The highest BCUT2D eigenvalue weighted by molar-refractivity contribution is 7.89. The zero-order chi connectivity index (χ0) is 17.0. The summed E-state index contributed by atoms with van der Waals surface area (Å²) in [4.78, 5) is 1.77. The summed E-state index contributed by atoms with van der Waals surface area (Å²) in [6.45, 7) is 2.95. The molecule has 0 saturated carbocycles. The van der Waals surface area contributed by atoms with Gasteiger partial charge in [-0.3, -0.25) is 0 Å². The van der Waals surface area contributed by atoms with E-state index in [0.717, 1.165) is 32.5 Å². The Morgan fingerprint density at radius 1 is 1.00 bits per heavy atom. The van der Waals surface area contributed by atoms with Gasteiger partial charge >= 0.3 is 0 Å². The Bertz CT molecular complexity index is 755. The third-order valence-electron chi connectivity index (χ3n) is 4.44. The van der Waals surface area contributed by atoms with E-state index in [0.29, 0.717) is 5.02 Å². The van der Waals surface area contributed by atoms with Crippen molar-refractivity contribution in [2.75, 3.05) is 13.1 Å². The second-order valence-corrected chi connectivity index (χ2v) is 8.41. The number of likely N-dealkylation sites (tertiary alicyclic amines) is 1. The van der Waals surface area contributed by atoms with Crippen LogP contribution >= 0.6 is 11.6 Å². The summed E-state index contributed by atoms with van der Waals surface area (Å²) < 4.78 is 27.7. The fraction of sp³-hybridized carbons (Fsp3) is 0.333. The van der Waals surface area contributed by atoms with Crippen LogP contribution in [0.5, 0.6) is 0 Å². The molecular weight excluding hydrogens is 344 g/mol. The van der Waals surface area contributed by atoms with Crippen molar-refractivity contribution in [1.29, 1.82) is 0 Å². The average molecular weight is 366 g/mol. The zero-order valence-electron chi connectivity index (χ0n) is 13.4. The van der Waals surface area contributed by atoms with E-state index in [2.05, 4.69) is 29.0 Å². The number of nitrogens with one attached hydrogen (secondary N) is 2. The van der Waals surface area contributed by atoms with Gasteiger partial charge in [-0.15, -0.1) is 0 Å². The fourth-order valence-corrected chi connectivity index (χ4v) is 4.54. The minimum absolute atomic E-state index is 0.00482. The summed E-state index contributed by atoms with van der Waals surface area (Å²) in [5.74, 6) is 0. The van der Waals surface area contributed by atoms with Gasteiger partial charge in [0.25, 0.3) is 0 Å². The van der Waals surface area contributed by atoms with E-state index in [4.69, 9.17) is 11.6 Å². The molecule has 1 saturated heterocycles. The first kappa shape index (κ1) is 17.4. The summed E-state index contributed by atoms with van der Waals surface area (Å²) in [6.07, 6.45) is 1.71. The van der Waals surface area contributed by atoms with Gasteiger partial charge in [0.05, 0.1) is 18.0 Å². The lowest BCUT2D eigenvalue weighted by molar-refractivity contribution is -0.918. The van der Waals surface area contributed by atoms with Gasteiger partial charge in [-0.25, -0.2) is 13.1 Å². The van der Waals surface area contributed by atoms with E-state index in [-0.39, 0.29) is 10.9 Å². The van der Waals surface area contributed by atoms with E-state index < -0.39 is 10.0 Å². The molecular formula is C18H22ClN2O2S+. The van der Waals surface area contributed by atoms with E-state index in [1.54, 1.807) is 24.3 Å². The van der Waals surface area contributed by atoms with Crippen LogP contribution in [-0.2, 0) is 16.6 Å². The van der Waals surface area contributed by atoms with Crippen LogP contribution in [0, 0.1) is 0 Å². The quantitative estimate of drug-likeness (QED) is 0.849. The number of hydrogen-bond donors (Lipinski definition) is 2. The summed E-state index contributed by atoms with van der Waals surface area (Å²) in [7, 11) is -3.47. The number of benzene rings is 2. The van der Waals surface area contributed by atoms with Crippen molar-refractivity contribution in [3.05, 3.63) is 65.2 Å². The van der Waals surface area contributed by atoms with Crippen LogP contribution in [0.15, 0.2) is 59.5 Å². The first-order valence-corrected chi connectivity index (χ1v) is 10.0. The third-order valence-corrected chi connectivity index (χ3v) is 6.22. The Morgan fingerprint density at radius 2 is 1.62 bits per heavy atom. The van der Waals surface area contributed by atoms with Crippen LogP contribution in [0.4, 0.5) is 0 Å². The largest absolute Gasteiger partial charge is 0.331 e. The lowest BCUT2D eigenvalue weighted by Gasteiger charge is -2.29. The van der Waals surface area contributed by atoms with E-state index >= 15 is 0 Å². The molecule has 0 aromatic heterocycles. The monoisotopic (exact) mass is 365 g/mol. The first-order chi connectivity index (χ1) is 11.5. The van der Waals surface area contributed by atoms with Gasteiger partial charge in [0, 0.05) is 29.5 Å². The van der Waals surface area contributed by atoms with Crippen LogP contribution in [0.25, 0.3) is 0 Å². The summed E-state index contributed by atoms with van der Waals surface area (Å²) >= 11 is 5.82. The molecule has 1 aliphatic heterocycles. The summed E-state index contributed by atoms with van der Waals surface area (Å²) in [6, 6.07) is 16.7. The van der Waals surface area contributed by atoms with Crippen molar-refractivity contribution in [2.45, 2.75) is 30.3 Å². The van der Waals surface area contributed by atoms with Crippen LogP contribution in [-0.4, -0.2) is 27.5 Å². The van der Waals surface area contributed by atoms with Gasteiger partial charge in [0.1, 0.15) is 6.54 Å². The lowest BCUT2D eigenvalue weighted by Crippen LogP contribution is -3.12. The maximum atomic E-state index is 12.4. The molecule has 2 aromatic rings. The molecule has 4 nitrogen and oxygen atoms in total. The molecule has 0 radical (unpaired) electrons. The van der Waals surface area contributed by atoms with Crippen molar-refractivity contribution in [1.82, 2.24) is 4.72 Å². The minimum Gasteiger partial charge on any atom is -0.331 e. The molecule has 1 fully saturated rings. The summed E-state index contributed by atoms with van der Waals surface area (Å²) in [5, 5.41) is 0.534. The second kappa shape index (κ2) is 7.66. The molecule has 0 bridgehead atoms. The SMILES string of the molecule is O=S(=O)(NC1CC[NH+](Cc2ccccc2)CC1)c1ccc(Cl)cc1. The standard InChI is InChI=1S/C18H21ClN2O2S/c19-16-6-8-18(9-7-16)24(22,23)20-17-10-12-21(13-11-17)14-15-4-2-1-3-5-15/h1-9,17,20H,10-14H2/p+1. The van der Waals surface area contributed by atoms with E-state index in [9.17, 15) is 8.42 Å². The maximum Gasteiger partial charge on any atom is 0.240 e. The van der Waals surface area contributed by atoms with E-state index in [1.165, 1.54) is 10.5 Å². The molecule has 24 heavy (non-hydrogen) atoms. The molecule has 0 atom stereocenters. The topological polar surface area (TPSA) is 50.6 Å². The molecule has 2 aromatic carbocycles. The normalized spacial score (nSPS) is 21.5. The maximum absolute atomic E-state index is 12.4. The van der Waals surface area contributed by atoms with Crippen LogP contribution in [0.1, 0.15) is 18.4 Å². The van der Waals surface area contributed by atoms with Crippen LogP contribution in [0.2, 0.25) is 5.02 Å². The number of rotatable bonds is 5. The molecule has 0 spiro atoms. The van der Waals surface area contributed by atoms with Crippen molar-refractivity contribution < 1.29 is 13.3 Å². The molecule has 128 valence electrons. The van der Waals surface area contributed by atoms with Crippen molar-refractivity contribution in [3.8, 4) is 0 Å².